The van der Waals surface area contributed by atoms with Crippen molar-refractivity contribution in [1.82, 2.24) is 0 Å². The molecule has 0 radical (unpaired) electrons. The first-order valence-electron chi connectivity index (χ1n) is 5.94. The van der Waals surface area contributed by atoms with Crippen molar-refractivity contribution in [2.24, 2.45) is 0 Å². The number of carbonyl (C=O) groups excluding carboxylic acids is 1. The summed E-state index contributed by atoms with van der Waals surface area (Å²) in [5.74, 6) is -0.167. The van der Waals surface area contributed by atoms with Crippen LogP contribution in [-0.2, 0) is 0 Å². The summed E-state index contributed by atoms with van der Waals surface area (Å²) in [5.41, 5.74) is 2.28. The Hall–Kier alpha value is -3.11. The van der Waals surface area contributed by atoms with Gasteiger partial charge in [0.2, 0.25) is 0 Å². The average Bonchev–Trinajstić information content (AvgIpc) is 2.53. The Morgan fingerprint density at radius 3 is 1.80 bits per heavy atom. The van der Waals surface area contributed by atoms with Crippen LogP contribution in [0.2, 0.25) is 0 Å². The van der Waals surface area contributed by atoms with Crippen LogP contribution in [0.4, 0.5) is 5.69 Å². The maximum absolute atomic E-state index is 12.3. The zero-order valence-corrected chi connectivity index (χ0v) is 10.9. The van der Waals surface area contributed by atoms with Gasteiger partial charge in [0.25, 0.3) is 5.91 Å². The number of benzene rings is 2. The molecule has 0 aliphatic rings. The molecule has 0 aliphatic carbocycles. The van der Waals surface area contributed by atoms with Crippen LogP contribution in [0.5, 0.6) is 0 Å². The second-order valence-electron chi connectivity index (χ2n) is 4.21. The van der Waals surface area contributed by atoms with E-state index in [2.05, 4.69) is 0 Å². The number of nitrogens with zero attached hydrogens (tertiary/aromatic N) is 3. The summed E-state index contributed by atoms with van der Waals surface area (Å²) in [7, 11) is 1.67. The lowest BCUT2D eigenvalue weighted by atomic mass is 10.1. The number of rotatable bonds is 2. The summed E-state index contributed by atoms with van der Waals surface area (Å²) in [5, 5.41) is 17.5. The lowest BCUT2D eigenvalue weighted by Crippen LogP contribution is -2.26. The molecule has 0 saturated carbocycles. The fourth-order valence-corrected chi connectivity index (χ4v) is 1.76. The van der Waals surface area contributed by atoms with Crippen LogP contribution in [0.15, 0.2) is 48.5 Å². The molecule has 20 heavy (non-hydrogen) atoms. The van der Waals surface area contributed by atoms with Crippen molar-refractivity contribution in [3.63, 3.8) is 0 Å². The highest BCUT2D eigenvalue weighted by Gasteiger charge is 2.13. The van der Waals surface area contributed by atoms with Gasteiger partial charge in [0, 0.05) is 18.3 Å². The second-order valence-corrected chi connectivity index (χ2v) is 4.21. The molecule has 1 amide bonds. The zero-order chi connectivity index (χ0) is 14.5. The molecule has 0 aromatic heterocycles. The van der Waals surface area contributed by atoms with Crippen LogP contribution >= 0.6 is 0 Å². The van der Waals surface area contributed by atoms with E-state index in [-0.39, 0.29) is 5.91 Å². The van der Waals surface area contributed by atoms with Crippen molar-refractivity contribution < 1.29 is 4.79 Å². The molecule has 0 N–H and O–H groups in total. The van der Waals surface area contributed by atoms with Gasteiger partial charge >= 0.3 is 0 Å². The van der Waals surface area contributed by atoms with Gasteiger partial charge in [-0.25, -0.2) is 0 Å². The Labute approximate surface area is 117 Å². The molecular weight excluding hydrogens is 250 g/mol. The average molecular weight is 261 g/mol. The second kappa shape index (κ2) is 5.69. The predicted molar refractivity (Wildman–Crippen MR) is 75.0 cm³/mol. The minimum Gasteiger partial charge on any atom is -0.311 e. The van der Waals surface area contributed by atoms with Crippen LogP contribution in [-0.4, -0.2) is 13.0 Å². The highest BCUT2D eigenvalue weighted by Crippen LogP contribution is 2.16. The first kappa shape index (κ1) is 13.3. The van der Waals surface area contributed by atoms with E-state index in [1.807, 2.05) is 12.1 Å². The number of anilines is 1. The molecular formula is C16H11N3O. The molecule has 0 spiro atoms. The molecule has 2 rings (SSSR count). The zero-order valence-electron chi connectivity index (χ0n) is 10.9. The quantitative estimate of drug-likeness (QED) is 0.834. The van der Waals surface area contributed by atoms with Gasteiger partial charge in [0.05, 0.1) is 23.3 Å². The SMILES string of the molecule is CN(C(=O)c1ccc(C#N)cc1)c1ccc(C#N)cc1. The molecule has 0 fully saturated rings. The van der Waals surface area contributed by atoms with Crippen LogP contribution in [0.1, 0.15) is 21.5 Å². The van der Waals surface area contributed by atoms with Crippen LogP contribution in [0.3, 0.4) is 0 Å². The van der Waals surface area contributed by atoms with Crippen molar-refractivity contribution in [3.05, 3.63) is 65.2 Å². The van der Waals surface area contributed by atoms with Crippen molar-refractivity contribution >= 4 is 11.6 Å². The lowest BCUT2D eigenvalue weighted by molar-refractivity contribution is 0.0993. The van der Waals surface area contributed by atoms with E-state index >= 15 is 0 Å². The molecule has 2 aromatic carbocycles. The topological polar surface area (TPSA) is 67.9 Å². The first-order valence-corrected chi connectivity index (χ1v) is 5.94. The molecule has 96 valence electrons. The number of amides is 1. The number of nitriles is 2. The van der Waals surface area contributed by atoms with Crippen LogP contribution < -0.4 is 4.90 Å². The van der Waals surface area contributed by atoms with E-state index in [0.29, 0.717) is 22.4 Å². The molecule has 0 heterocycles. The molecule has 4 nitrogen and oxygen atoms in total. The summed E-state index contributed by atoms with van der Waals surface area (Å²) >= 11 is 0. The van der Waals surface area contributed by atoms with Crippen LogP contribution in [0.25, 0.3) is 0 Å². The van der Waals surface area contributed by atoms with E-state index in [9.17, 15) is 4.79 Å². The van der Waals surface area contributed by atoms with Crippen molar-refractivity contribution in [3.8, 4) is 12.1 Å². The number of hydrogen-bond acceptors (Lipinski definition) is 3. The normalized spacial score (nSPS) is 9.35. The molecule has 0 unspecified atom stereocenters. The van der Waals surface area contributed by atoms with Crippen molar-refractivity contribution in [1.29, 1.82) is 10.5 Å². The maximum Gasteiger partial charge on any atom is 0.258 e. The van der Waals surface area contributed by atoms with Gasteiger partial charge in [0.1, 0.15) is 0 Å². The Kier molecular flexibility index (Phi) is 3.79. The fourth-order valence-electron chi connectivity index (χ4n) is 1.76. The van der Waals surface area contributed by atoms with Gasteiger partial charge in [-0.05, 0) is 48.5 Å². The Balaban J connectivity index is 2.23. The van der Waals surface area contributed by atoms with Gasteiger partial charge in [-0.2, -0.15) is 10.5 Å². The van der Waals surface area contributed by atoms with E-state index in [1.54, 1.807) is 55.6 Å². The minimum absolute atomic E-state index is 0.167. The third-order valence-electron chi connectivity index (χ3n) is 2.95. The van der Waals surface area contributed by atoms with E-state index in [0.717, 1.165) is 0 Å². The summed E-state index contributed by atoms with van der Waals surface area (Å²) in [6.45, 7) is 0. The molecule has 0 aliphatic heterocycles. The number of carbonyl (C=O) groups is 1. The highest BCUT2D eigenvalue weighted by atomic mass is 16.2. The van der Waals surface area contributed by atoms with Crippen molar-refractivity contribution in [2.75, 3.05) is 11.9 Å². The maximum atomic E-state index is 12.3. The van der Waals surface area contributed by atoms with Gasteiger partial charge in [-0.3, -0.25) is 4.79 Å². The monoisotopic (exact) mass is 261 g/mol. The summed E-state index contributed by atoms with van der Waals surface area (Å²) in [6.07, 6.45) is 0. The third kappa shape index (κ3) is 2.66. The summed E-state index contributed by atoms with van der Waals surface area (Å²) in [4.78, 5) is 13.8. The van der Waals surface area contributed by atoms with E-state index in [1.165, 1.54) is 4.90 Å². The minimum atomic E-state index is -0.167. The predicted octanol–water partition coefficient (Wildman–Crippen LogP) is 2.71. The molecule has 0 atom stereocenters. The number of hydrogen-bond donors (Lipinski definition) is 0. The van der Waals surface area contributed by atoms with E-state index in [4.69, 9.17) is 10.5 Å². The van der Waals surface area contributed by atoms with Gasteiger partial charge in [-0.1, -0.05) is 0 Å². The molecule has 0 saturated heterocycles. The highest BCUT2D eigenvalue weighted by molar-refractivity contribution is 6.05. The van der Waals surface area contributed by atoms with E-state index < -0.39 is 0 Å². The summed E-state index contributed by atoms with van der Waals surface area (Å²) < 4.78 is 0. The Morgan fingerprint density at radius 2 is 1.35 bits per heavy atom. The van der Waals surface area contributed by atoms with Crippen molar-refractivity contribution in [2.45, 2.75) is 0 Å². The largest absolute Gasteiger partial charge is 0.311 e. The smallest absolute Gasteiger partial charge is 0.258 e. The lowest BCUT2D eigenvalue weighted by Gasteiger charge is -2.17. The molecule has 2 aromatic rings. The third-order valence-corrected chi connectivity index (χ3v) is 2.95. The Morgan fingerprint density at radius 1 is 0.900 bits per heavy atom. The van der Waals surface area contributed by atoms with Gasteiger partial charge in [-0.15, -0.1) is 0 Å². The van der Waals surface area contributed by atoms with Gasteiger partial charge < -0.3 is 4.90 Å². The van der Waals surface area contributed by atoms with Gasteiger partial charge in [0.15, 0.2) is 0 Å². The summed E-state index contributed by atoms with van der Waals surface area (Å²) in [6, 6.07) is 17.3. The first-order chi connectivity index (χ1) is 9.65. The Bertz CT molecular complexity index is 703. The van der Waals surface area contributed by atoms with Crippen LogP contribution in [0, 0.1) is 22.7 Å². The fraction of sp³-hybridized carbons (Fsp3) is 0.0625. The standard InChI is InChI=1S/C16H11N3O/c1-19(15-8-4-13(11-18)5-9-15)16(20)14-6-2-12(10-17)3-7-14/h2-9H,1H3. The molecule has 4 heteroatoms. The molecule has 0 bridgehead atoms.